The third-order valence-corrected chi connectivity index (χ3v) is 5.86. The third kappa shape index (κ3) is 3.65. The molecular formula is C26H21N3O2S. The average molecular weight is 440 g/mol. The second-order valence-corrected chi connectivity index (χ2v) is 8.00. The summed E-state index contributed by atoms with van der Waals surface area (Å²) in [4.78, 5) is 9.71. The maximum Gasteiger partial charge on any atom is 0.195 e. The topological polar surface area (TPSA) is 60.2 Å². The van der Waals surface area contributed by atoms with Gasteiger partial charge in [-0.1, -0.05) is 60.7 Å². The van der Waals surface area contributed by atoms with Gasteiger partial charge in [-0.2, -0.15) is 0 Å². The maximum absolute atomic E-state index is 10.2. The van der Waals surface area contributed by atoms with E-state index in [-0.39, 0.29) is 5.75 Å². The van der Waals surface area contributed by atoms with Gasteiger partial charge in [0.15, 0.2) is 16.6 Å². The van der Waals surface area contributed by atoms with Gasteiger partial charge in [0.2, 0.25) is 0 Å². The first kappa shape index (κ1) is 20.0. The molecule has 3 aromatic carbocycles. The first-order chi connectivity index (χ1) is 15.8. The fraction of sp³-hybridized carbons (Fsp3) is 0.0769. The van der Waals surface area contributed by atoms with Gasteiger partial charge in [0.25, 0.3) is 0 Å². The number of aromatic nitrogens is 3. The number of nitrogens with zero attached hydrogens (tertiary/aromatic N) is 3. The smallest absolute Gasteiger partial charge is 0.195 e. The van der Waals surface area contributed by atoms with Crippen LogP contribution in [-0.2, 0) is 0 Å². The standard InChI is InChI=1S/C26H21N3O2S/c1-2-31-22-17-20(13-14-21(22)30)25-28-23(18-9-5-3-6-10-18)24(19-11-7-4-8-12-19)29(25)26-27-15-16-32-26/h3-17,30H,2H2,1H3. The van der Waals surface area contributed by atoms with E-state index in [1.165, 1.54) is 0 Å². The van der Waals surface area contributed by atoms with Crippen molar-refractivity contribution in [2.75, 3.05) is 6.61 Å². The van der Waals surface area contributed by atoms with Crippen LogP contribution in [0.4, 0.5) is 0 Å². The van der Waals surface area contributed by atoms with E-state index < -0.39 is 0 Å². The number of hydrogen-bond acceptors (Lipinski definition) is 5. The number of hydrogen-bond donors (Lipinski definition) is 1. The van der Waals surface area contributed by atoms with E-state index in [0.29, 0.717) is 12.4 Å². The summed E-state index contributed by atoms with van der Waals surface area (Å²) in [6.07, 6.45) is 1.79. The van der Waals surface area contributed by atoms with Crippen LogP contribution in [-0.4, -0.2) is 26.2 Å². The molecule has 0 spiro atoms. The molecule has 5 aromatic rings. The lowest BCUT2D eigenvalue weighted by Gasteiger charge is -2.12. The molecule has 0 fully saturated rings. The zero-order valence-electron chi connectivity index (χ0n) is 17.5. The molecule has 0 bridgehead atoms. The molecule has 0 unspecified atom stereocenters. The molecule has 0 atom stereocenters. The van der Waals surface area contributed by atoms with Crippen LogP contribution < -0.4 is 4.74 Å². The highest BCUT2D eigenvalue weighted by Crippen LogP contribution is 2.40. The summed E-state index contributed by atoms with van der Waals surface area (Å²) in [5.74, 6) is 1.27. The van der Waals surface area contributed by atoms with E-state index in [0.717, 1.165) is 39.0 Å². The van der Waals surface area contributed by atoms with Crippen molar-refractivity contribution in [1.29, 1.82) is 0 Å². The predicted molar refractivity (Wildman–Crippen MR) is 128 cm³/mol. The van der Waals surface area contributed by atoms with Gasteiger partial charge in [-0.25, -0.2) is 9.97 Å². The average Bonchev–Trinajstić information content (AvgIpc) is 3.50. The molecule has 0 radical (unpaired) electrons. The molecule has 1 N–H and O–H groups in total. The highest BCUT2D eigenvalue weighted by Gasteiger charge is 2.24. The van der Waals surface area contributed by atoms with Crippen LogP contribution in [0.1, 0.15) is 6.92 Å². The largest absolute Gasteiger partial charge is 0.504 e. The molecule has 0 aliphatic heterocycles. The first-order valence-electron chi connectivity index (χ1n) is 10.4. The summed E-state index contributed by atoms with van der Waals surface area (Å²) in [6, 6.07) is 25.7. The molecule has 0 saturated carbocycles. The molecule has 0 aliphatic rings. The summed E-state index contributed by atoms with van der Waals surface area (Å²) in [7, 11) is 0. The molecule has 6 heteroatoms. The van der Waals surface area contributed by atoms with Gasteiger partial charge in [0, 0.05) is 28.3 Å². The van der Waals surface area contributed by atoms with Gasteiger partial charge >= 0.3 is 0 Å². The van der Waals surface area contributed by atoms with Crippen LogP contribution in [0.5, 0.6) is 11.5 Å². The molecule has 158 valence electrons. The lowest BCUT2D eigenvalue weighted by molar-refractivity contribution is 0.318. The van der Waals surface area contributed by atoms with Gasteiger partial charge in [-0.15, -0.1) is 11.3 Å². The minimum atomic E-state index is 0.106. The molecule has 32 heavy (non-hydrogen) atoms. The van der Waals surface area contributed by atoms with Crippen LogP contribution in [0, 0.1) is 0 Å². The van der Waals surface area contributed by atoms with Gasteiger partial charge in [-0.05, 0) is 25.1 Å². The molecule has 2 aromatic heterocycles. The molecule has 5 rings (SSSR count). The predicted octanol–water partition coefficient (Wildman–Crippen LogP) is 6.43. The third-order valence-electron chi connectivity index (χ3n) is 5.10. The molecule has 0 aliphatic carbocycles. The van der Waals surface area contributed by atoms with Gasteiger partial charge in [0.05, 0.1) is 18.0 Å². The second kappa shape index (κ2) is 8.69. The SMILES string of the molecule is CCOc1cc(-c2nc(-c3ccccc3)c(-c3ccccc3)n2-c2nccs2)ccc1O. The Labute approximate surface area is 190 Å². The Morgan fingerprint density at radius 1 is 0.906 bits per heavy atom. The second-order valence-electron chi connectivity index (χ2n) is 7.13. The molecule has 5 nitrogen and oxygen atoms in total. The normalized spacial score (nSPS) is 10.9. The zero-order chi connectivity index (χ0) is 21.9. The Morgan fingerprint density at radius 2 is 1.62 bits per heavy atom. The van der Waals surface area contributed by atoms with Gasteiger partial charge in [0.1, 0.15) is 5.82 Å². The van der Waals surface area contributed by atoms with Crippen LogP contribution in [0.2, 0.25) is 0 Å². The van der Waals surface area contributed by atoms with E-state index in [1.807, 2.05) is 60.8 Å². The van der Waals surface area contributed by atoms with E-state index in [4.69, 9.17) is 9.72 Å². The van der Waals surface area contributed by atoms with Crippen LogP contribution in [0.15, 0.2) is 90.4 Å². The number of phenols is 1. The van der Waals surface area contributed by atoms with Crippen LogP contribution >= 0.6 is 11.3 Å². The Balaban J connectivity index is 1.84. The Hall–Kier alpha value is -3.90. The summed E-state index contributed by atoms with van der Waals surface area (Å²) in [6.45, 7) is 2.35. The number of aromatic hydroxyl groups is 1. The van der Waals surface area contributed by atoms with Crippen molar-refractivity contribution in [1.82, 2.24) is 14.5 Å². The number of phenolic OH excluding ortho intramolecular Hbond substituents is 1. The zero-order valence-corrected chi connectivity index (χ0v) is 18.3. The highest BCUT2D eigenvalue weighted by molar-refractivity contribution is 7.12. The number of thiazole rings is 1. The lowest BCUT2D eigenvalue weighted by atomic mass is 10.0. The minimum absolute atomic E-state index is 0.106. The molecule has 0 saturated heterocycles. The fourth-order valence-corrected chi connectivity index (χ4v) is 4.36. The van der Waals surface area contributed by atoms with Crippen molar-refractivity contribution in [2.24, 2.45) is 0 Å². The number of rotatable bonds is 6. The summed E-state index contributed by atoms with van der Waals surface area (Å²) < 4.78 is 7.72. The van der Waals surface area contributed by atoms with Crippen molar-refractivity contribution in [2.45, 2.75) is 6.92 Å². The summed E-state index contributed by atoms with van der Waals surface area (Å²) >= 11 is 1.55. The number of imidazole rings is 1. The van der Waals surface area contributed by atoms with E-state index in [9.17, 15) is 5.11 Å². The lowest BCUT2D eigenvalue weighted by Crippen LogP contribution is -2.00. The summed E-state index contributed by atoms with van der Waals surface area (Å²) in [5.41, 5.74) is 4.73. The Morgan fingerprint density at radius 3 is 2.28 bits per heavy atom. The van der Waals surface area contributed by atoms with E-state index in [2.05, 4.69) is 33.8 Å². The van der Waals surface area contributed by atoms with Gasteiger partial charge in [-0.3, -0.25) is 4.57 Å². The fourth-order valence-electron chi connectivity index (χ4n) is 3.71. The maximum atomic E-state index is 10.2. The van der Waals surface area contributed by atoms with Crippen molar-refractivity contribution < 1.29 is 9.84 Å². The van der Waals surface area contributed by atoms with E-state index in [1.54, 1.807) is 23.6 Å². The highest BCUT2D eigenvalue weighted by atomic mass is 32.1. The molecular weight excluding hydrogens is 418 g/mol. The van der Waals surface area contributed by atoms with Crippen molar-refractivity contribution in [3.05, 3.63) is 90.4 Å². The summed E-state index contributed by atoms with van der Waals surface area (Å²) in [5, 5.41) is 13.0. The molecule has 0 amide bonds. The Bertz CT molecular complexity index is 1330. The van der Waals surface area contributed by atoms with Crippen molar-refractivity contribution >= 4 is 11.3 Å². The number of ether oxygens (including phenoxy) is 1. The Kier molecular flexibility index (Phi) is 5.44. The number of benzene rings is 3. The molecule has 2 heterocycles. The van der Waals surface area contributed by atoms with E-state index >= 15 is 0 Å². The van der Waals surface area contributed by atoms with Crippen molar-refractivity contribution in [3.63, 3.8) is 0 Å². The van der Waals surface area contributed by atoms with Crippen LogP contribution in [0.3, 0.4) is 0 Å². The quantitative estimate of drug-likeness (QED) is 0.331. The van der Waals surface area contributed by atoms with Crippen LogP contribution in [0.25, 0.3) is 39.0 Å². The van der Waals surface area contributed by atoms with Gasteiger partial charge < -0.3 is 9.84 Å². The first-order valence-corrected chi connectivity index (χ1v) is 11.2. The monoisotopic (exact) mass is 439 g/mol. The van der Waals surface area contributed by atoms with Crippen molar-refractivity contribution in [3.8, 4) is 50.5 Å². The minimum Gasteiger partial charge on any atom is -0.504 e.